The number of amides is 1. The van der Waals surface area contributed by atoms with Gasteiger partial charge in [0.1, 0.15) is 5.69 Å². The number of hydrogen-bond acceptors (Lipinski definition) is 6. The Kier molecular flexibility index (Phi) is 9.02. The average Bonchev–Trinajstić information content (AvgIpc) is 3.71. The van der Waals surface area contributed by atoms with Gasteiger partial charge in [-0.3, -0.25) is 18.7 Å². The minimum atomic E-state index is -3.87. The number of rotatable bonds is 13. The molecule has 1 amide bonds. The maximum Gasteiger partial charge on any atom is 0.321 e. The minimum Gasteiger partial charge on any atom is -0.480 e. The van der Waals surface area contributed by atoms with E-state index in [0.29, 0.717) is 28.0 Å². The van der Waals surface area contributed by atoms with Crippen molar-refractivity contribution in [2.24, 2.45) is 11.3 Å². The number of aliphatic carboxylic acids is 2. The van der Waals surface area contributed by atoms with Gasteiger partial charge in [0, 0.05) is 23.5 Å². The third-order valence-electron chi connectivity index (χ3n) is 8.21. The van der Waals surface area contributed by atoms with E-state index in [4.69, 9.17) is 5.10 Å². The molecule has 1 aromatic heterocycles. The first kappa shape index (κ1) is 31.5. The summed E-state index contributed by atoms with van der Waals surface area (Å²) in [7, 11) is -2.34. The second-order valence-corrected chi connectivity index (χ2v) is 13.5. The number of hydrogen-bond donors (Lipinski definition) is 3. The fraction of sp³-hybridized carbons (Fsp3) is 0.448. The molecule has 0 spiro atoms. The van der Waals surface area contributed by atoms with Crippen LogP contribution in [0.3, 0.4) is 0 Å². The molecule has 1 aliphatic carbocycles. The molecule has 4 rings (SSSR count). The number of halogens is 1. The van der Waals surface area contributed by atoms with Crippen LogP contribution >= 0.6 is 15.9 Å². The molecule has 13 heteroatoms. The van der Waals surface area contributed by atoms with Gasteiger partial charge in [-0.2, -0.15) is 5.10 Å². The first-order valence-electron chi connectivity index (χ1n) is 13.8. The van der Waals surface area contributed by atoms with E-state index >= 15 is 0 Å². The van der Waals surface area contributed by atoms with Gasteiger partial charge in [0.25, 0.3) is 5.91 Å². The summed E-state index contributed by atoms with van der Waals surface area (Å²) in [4.78, 5) is 37.5. The Bertz CT molecular complexity index is 1620. The molecule has 1 heterocycles. The zero-order valence-corrected chi connectivity index (χ0v) is 26.3. The lowest BCUT2D eigenvalue weighted by Crippen LogP contribution is -2.46. The van der Waals surface area contributed by atoms with E-state index in [-0.39, 0.29) is 37.6 Å². The van der Waals surface area contributed by atoms with Gasteiger partial charge >= 0.3 is 11.9 Å². The first-order chi connectivity index (χ1) is 19.8. The number of nitrogens with zero attached hydrogens (tertiary/aromatic N) is 3. The highest BCUT2D eigenvalue weighted by Gasteiger charge is 2.50. The molecule has 11 nitrogen and oxygen atoms in total. The number of carboxylic acids is 2. The van der Waals surface area contributed by atoms with Crippen LogP contribution in [0.15, 0.2) is 40.9 Å². The number of anilines is 1. The van der Waals surface area contributed by atoms with Crippen LogP contribution in [0.2, 0.25) is 0 Å². The van der Waals surface area contributed by atoms with E-state index in [2.05, 4.69) is 21.2 Å². The van der Waals surface area contributed by atoms with Gasteiger partial charge < -0.3 is 15.5 Å². The Morgan fingerprint density at radius 1 is 1.14 bits per heavy atom. The van der Waals surface area contributed by atoms with Crippen molar-refractivity contribution in [1.29, 1.82) is 0 Å². The summed E-state index contributed by atoms with van der Waals surface area (Å²) in [5.41, 5.74) is 0.490. The second-order valence-electron chi connectivity index (χ2n) is 10.7. The molecule has 1 fully saturated rings. The quantitative estimate of drug-likeness (QED) is 0.221. The van der Waals surface area contributed by atoms with Crippen LogP contribution in [0.4, 0.5) is 5.69 Å². The average molecular weight is 664 g/mol. The van der Waals surface area contributed by atoms with Crippen molar-refractivity contribution in [1.82, 2.24) is 15.1 Å². The third kappa shape index (κ3) is 5.76. The number of carbonyl (C=O) groups excluding carboxylic acids is 1. The highest BCUT2D eigenvalue weighted by atomic mass is 79.9. The van der Waals surface area contributed by atoms with Crippen molar-refractivity contribution >= 4 is 60.4 Å². The molecule has 1 aliphatic rings. The van der Waals surface area contributed by atoms with Crippen LogP contribution in [-0.4, -0.2) is 66.1 Å². The van der Waals surface area contributed by atoms with Crippen molar-refractivity contribution in [3.8, 4) is 5.69 Å². The van der Waals surface area contributed by atoms with Crippen LogP contribution in [0.25, 0.3) is 16.6 Å². The van der Waals surface area contributed by atoms with Gasteiger partial charge in [-0.25, -0.2) is 13.1 Å². The standard InChI is InChI=1S/C29H35BrN4O7S/c1-5-18(29(6-2,27(36)37)28(38)39)13-14-33(42(4,40)41)24-16-23-22(15-21(24)17-7-8-17)25(26(35)31-3)34(32-23)20-11-9-19(30)10-12-20/h9-12,15-18H,5-8,13-14H2,1-4H3,(H,31,35)(H,36,37)(H,38,39). The number of aromatic nitrogens is 2. The highest BCUT2D eigenvalue weighted by Crippen LogP contribution is 2.47. The Morgan fingerprint density at radius 3 is 2.24 bits per heavy atom. The van der Waals surface area contributed by atoms with Crippen LogP contribution in [0, 0.1) is 11.3 Å². The largest absolute Gasteiger partial charge is 0.480 e. The van der Waals surface area contributed by atoms with Crippen molar-refractivity contribution in [2.45, 2.75) is 51.9 Å². The smallest absolute Gasteiger partial charge is 0.321 e. The molecule has 1 atom stereocenters. The summed E-state index contributed by atoms with van der Waals surface area (Å²) in [6.45, 7) is 3.12. The zero-order chi connectivity index (χ0) is 31.0. The number of carboxylic acid groups (broad SMARTS) is 2. The maximum atomic E-state index is 13.2. The summed E-state index contributed by atoms with van der Waals surface area (Å²) in [6, 6.07) is 10.8. The van der Waals surface area contributed by atoms with E-state index in [1.165, 1.54) is 23.0 Å². The number of carbonyl (C=O) groups is 3. The Hall–Kier alpha value is -3.45. The number of nitrogens with one attached hydrogen (secondary N) is 1. The molecule has 3 aromatic rings. The molecule has 0 aliphatic heterocycles. The summed E-state index contributed by atoms with van der Waals surface area (Å²) in [5.74, 6) is -3.95. The normalized spacial score (nSPS) is 14.5. The van der Waals surface area contributed by atoms with E-state index in [9.17, 15) is 33.0 Å². The summed E-state index contributed by atoms with van der Waals surface area (Å²) >= 11 is 3.42. The molecule has 3 N–H and O–H groups in total. The summed E-state index contributed by atoms with van der Waals surface area (Å²) in [6.07, 6.45) is 2.90. The Balaban J connectivity index is 1.87. The summed E-state index contributed by atoms with van der Waals surface area (Å²) in [5, 5.41) is 27.8. The molecule has 0 radical (unpaired) electrons. The van der Waals surface area contributed by atoms with Gasteiger partial charge in [0.15, 0.2) is 5.41 Å². The predicted molar refractivity (Wildman–Crippen MR) is 163 cm³/mol. The van der Waals surface area contributed by atoms with Crippen LogP contribution in [0.1, 0.15) is 67.9 Å². The van der Waals surface area contributed by atoms with Gasteiger partial charge in [-0.1, -0.05) is 36.2 Å². The molecule has 0 saturated heterocycles. The molecular weight excluding hydrogens is 628 g/mol. The third-order valence-corrected chi connectivity index (χ3v) is 9.92. The van der Waals surface area contributed by atoms with Crippen molar-refractivity contribution in [2.75, 3.05) is 24.2 Å². The molecule has 0 bridgehead atoms. The predicted octanol–water partition coefficient (Wildman–Crippen LogP) is 4.77. The fourth-order valence-electron chi connectivity index (χ4n) is 5.75. The monoisotopic (exact) mass is 662 g/mol. The van der Waals surface area contributed by atoms with E-state index in [1.807, 2.05) is 30.3 Å². The van der Waals surface area contributed by atoms with Crippen molar-refractivity contribution < 1.29 is 33.0 Å². The van der Waals surface area contributed by atoms with Gasteiger partial charge in [-0.15, -0.1) is 0 Å². The van der Waals surface area contributed by atoms with Gasteiger partial charge in [-0.05, 0) is 79.5 Å². The first-order valence-corrected chi connectivity index (χ1v) is 16.4. The lowest BCUT2D eigenvalue weighted by Gasteiger charge is -2.34. The molecular formula is C29H35BrN4O7S. The number of benzene rings is 2. The molecule has 42 heavy (non-hydrogen) atoms. The molecule has 2 aromatic carbocycles. The highest BCUT2D eigenvalue weighted by molar-refractivity contribution is 9.10. The van der Waals surface area contributed by atoms with E-state index in [1.54, 1.807) is 13.0 Å². The maximum absolute atomic E-state index is 13.2. The van der Waals surface area contributed by atoms with Gasteiger partial charge in [0.05, 0.1) is 23.1 Å². The minimum absolute atomic E-state index is 0.0228. The molecule has 226 valence electrons. The number of sulfonamides is 1. The number of fused-ring (bicyclic) bond motifs is 1. The Morgan fingerprint density at radius 2 is 1.76 bits per heavy atom. The SMILES string of the molecule is CCC(CCN(c1cc2nn(-c3ccc(Br)cc3)c(C(=O)NC)c2cc1C1CC1)S(C)(=O)=O)C(CC)(C(=O)O)C(=O)O. The van der Waals surface area contributed by atoms with E-state index in [0.717, 1.165) is 29.1 Å². The van der Waals surface area contributed by atoms with Crippen LogP contribution in [0.5, 0.6) is 0 Å². The Labute approximate surface area is 253 Å². The second kappa shape index (κ2) is 12.0. The topological polar surface area (TPSA) is 159 Å². The van der Waals surface area contributed by atoms with Gasteiger partial charge in [0.2, 0.25) is 10.0 Å². The van der Waals surface area contributed by atoms with Crippen LogP contribution < -0.4 is 9.62 Å². The van der Waals surface area contributed by atoms with E-state index < -0.39 is 33.3 Å². The van der Waals surface area contributed by atoms with Crippen molar-refractivity contribution in [3.05, 3.63) is 52.1 Å². The molecule has 1 unspecified atom stereocenters. The molecule has 1 saturated carbocycles. The fourth-order valence-corrected chi connectivity index (χ4v) is 6.97. The van der Waals surface area contributed by atoms with Crippen molar-refractivity contribution in [3.63, 3.8) is 0 Å². The zero-order valence-electron chi connectivity index (χ0n) is 23.9. The lowest BCUT2D eigenvalue weighted by atomic mass is 9.70. The summed E-state index contributed by atoms with van der Waals surface area (Å²) < 4.78 is 30.1. The van der Waals surface area contributed by atoms with Crippen LogP contribution in [-0.2, 0) is 19.6 Å². The lowest BCUT2D eigenvalue weighted by molar-refractivity contribution is -0.170.